The van der Waals surface area contributed by atoms with Crippen LogP contribution in [0, 0.1) is 21.8 Å². The first-order valence-corrected chi connectivity index (χ1v) is 10.9. The fourth-order valence-corrected chi connectivity index (χ4v) is 4.09. The standard InChI is InChI=1S/C23H24FN5O5/c1-2-34-22(31)19-20(15-3-7-18(8-4-15)29(32)33)25-23(26-21(19)30)28-13-11-27(12-14-28)17-9-5-16(24)6-10-17/h3-10,19-20H,2,11-14H2,1H3,(H,25,26,30)/t19-,20-/m0/s1. The van der Waals surface area contributed by atoms with E-state index in [0.29, 0.717) is 37.7 Å². The van der Waals surface area contributed by atoms with Crippen molar-refractivity contribution in [1.29, 1.82) is 0 Å². The number of guanidine groups is 1. The van der Waals surface area contributed by atoms with Gasteiger partial charge in [-0.3, -0.25) is 25.0 Å². The number of piperazine rings is 1. The van der Waals surface area contributed by atoms with Crippen LogP contribution in [0.3, 0.4) is 0 Å². The van der Waals surface area contributed by atoms with E-state index in [1.165, 1.54) is 36.4 Å². The third-order valence-electron chi connectivity index (χ3n) is 5.85. The summed E-state index contributed by atoms with van der Waals surface area (Å²) < 4.78 is 18.3. The summed E-state index contributed by atoms with van der Waals surface area (Å²) >= 11 is 0. The Hall–Kier alpha value is -4.02. The van der Waals surface area contributed by atoms with Crippen molar-refractivity contribution in [2.45, 2.75) is 13.0 Å². The van der Waals surface area contributed by atoms with Crippen LogP contribution in [0.5, 0.6) is 0 Å². The Morgan fingerprint density at radius 1 is 1.12 bits per heavy atom. The molecule has 2 atom stereocenters. The number of rotatable bonds is 5. The summed E-state index contributed by atoms with van der Waals surface area (Å²) in [6.07, 6.45) is 0. The molecule has 1 fully saturated rings. The molecule has 0 radical (unpaired) electrons. The van der Waals surface area contributed by atoms with Crippen molar-refractivity contribution in [2.24, 2.45) is 10.9 Å². The Labute approximate surface area is 195 Å². The number of anilines is 1. The summed E-state index contributed by atoms with van der Waals surface area (Å²) in [5.74, 6) is -2.39. The van der Waals surface area contributed by atoms with Gasteiger partial charge in [-0.25, -0.2) is 9.38 Å². The zero-order chi connectivity index (χ0) is 24.2. The van der Waals surface area contributed by atoms with Gasteiger partial charge in [-0.15, -0.1) is 0 Å². The Balaban J connectivity index is 1.57. The van der Waals surface area contributed by atoms with Gasteiger partial charge in [0.25, 0.3) is 5.69 Å². The molecule has 0 aromatic heterocycles. The zero-order valence-electron chi connectivity index (χ0n) is 18.5. The first-order valence-electron chi connectivity index (χ1n) is 10.9. The fraction of sp³-hybridized carbons (Fsp3) is 0.348. The van der Waals surface area contributed by atoms with Crippen LogP contribution in [0.15, 0.2) is 53.5 Å². The lowest BCUT2D eigenvalue weighted by Gasteiger charge is -2.39. The second kappa shape index (κ2) is 9.86. The molecule has 1 amide bonds. The van der Waals surface area contributed by atoms with E-state index in [9.17, 15) is 24.1 Å². The smallest absolute Gasteiger partial charge is 0.321 e. The SMILES string of the molecule is CCOC(=O)[C@@H]1C(=O)NC(N2CCN(c3ccc(F)cc3)CC2)=N[C@H]1c1ccc([N+](=O)[O-])cc1. The largest absolute Gasteiger partial charge is 0.465 e. The molecule has 0 unspecified atom stereocenters. The summed E-state index contributed by atoms with van der Waals surface area (Å²) in [5, 5.41) is 13.7. The number of nitrogens with one attached hydrogen (secondary N) is 1. The zero-order valence-corrected chi connectivity index (χ0v) is 18.5. The van der Waals surface area contributed by atoms with E-state index >= 15 is 0 Å². The lowest BCUT2D eigenvalue weighted by atomic mass is 9.91. The molecule has 0 aliphatic carbocycles. The van der Waals surface area contributed by atoms with Crippen LogP contribution >= 0.6 is 0 Å². The summed E-state index contributed by atoms with van der Waals surface area (Å²) in [6, 6.07) is 11.0. The number of esters is 1. The van der Waals surface area contributed by atoms with Gasteiger partial charge in [0.15, 0.2) is 5.92 Å². The second-order valence-electron chi connectivity index (χ2n) is 7.92. The van der Waals surface area contributed by atoms with E-state index in [1.807, 2.05) is 4.90 Å². The lowest BCUT2D eigenvalue weighted by molar-refractivity contribution is -0.384. The number of carbonyl (C=O) groups is 2. The molecule has 2 heterocycles. The van der Waals surface area contributed by atoms with Crippen molar-refractivity contribution in [2.75, 3.05) is 37.7 Å². The third kappa shape index (κ3) is 4.82. The van der Waals surface area contributed by atoms with Gasteiger partial charge in [0, 0.05) is 44.0 Å². The lowest BCUT2D eigenvalue weighted by Crippen LogP contribution is -2.57. The second-order valence-corrected chi connectivity index (χ2v) is 7.92. The normalized spacial score (nSPS) is 20.4. The molecule has 2 aromatic carbocycles. The molecule has 34 heavy (non-hydrogen) atoms. The number of aliphatic imine (C=N–C) groups is 1. The van der Waals surface area contributed by atoms with Gasteiger partial charge in [0.05, 0.1) is 11.5 Å². The average Bonchev–Trinajstić information content (AvgIpc) is 2.84. The highest BCUT2D eigenvalue weighted by Gasteiger charge is 2.42. The maximum Gasteiger partial charge on any atom is 0.321 e. The summed E-state index contributed by atoms with van der Waals surface area (Å²) in [5.41, 5.74) is 1.31. The molecule has 0 saturated carbocycles. The number of hydrogen-bond donors (Lipinski definition) is 1. The number of amides is 1. The van der Waals surface area contributed by atoms with Gasteiger partial charge in [-0.1, -0.05) is 12.1 Å². The first kappa shape index (κ1) is 23.1. The van der Waals surface area contributed by atoms with Crippen LogP contribution < -0.4 is 10.2 Å². The molecule has 0 bridgehead atoms. The maximum atomic E-state index is 13.2. The highest BCUT2D eigenvalue weighted by molar-refractivity contribution is 6.08. The summed E-state index contributed by atoms with van der Waals surface area (Å²) in [6.45, 7) is 4.11. The number of nitro benzene ring substituents is 1. The van der Waals surface area contributed by atoms with Gasteiger partial charge in [-0.05, 0) is 36.8 Å². The molecule has 10 nitrogen and oxygen atoms in total. The van der Waals surface area contributed by atoms with E-state index < -0.39 is 28.8 Å². The molecule has 1 saturated heterocycles. The molecule has 4 rings (SSSR count). The number of carbonyl (C=O) groups excluding carboxylic acids is 2. The predicted octanol–water partition coefficient (Wildman–Crippen LogP) is 2.26. The Morgan fingerprint density at radius 3 is 2.32 bits per heavy atom. The topological polar surface area (TPSA) is 117 Å². The Kier molecular flexibility index (Phi) is 6.71. The number of benzene rings is 2. The number of hydrogen-bond acceptors (Lipinski definition) is 8. The maximum absolute atomic E-state index is 13.2. The van der Waals surface area contributed by atoms with Gasteiger partial charge in [-0.2, -0.15) is 0 Å². The molecule has 1 N–H and O–H groups in total. The fourth-order valence-electron chi connectivity index (χ4n) is 4.09. The van der Waals surface area contributed by atoms with Crippen LogP contribution in [-0.2, 0) is 14.3 Å². The molecular formula is C23H24FN5O5. The predicted molar refractivity (Wildman–Crippen MR) is 122 cm³/mol. The third-order valence-corrected chi connectivity index (χ3v) is 5.85. The molecular weight excluding hydrogens is 445 g/mol. The van der Waals surface area contributed by atoms with Crippen LogP contribution in [0.1, 0.15) is 18.5 Å². The van der Waals surface area contributed by atoms with Gasteiger partial charge in [0.2, 0.25) is 11.9 Å². The number of non-ortho nitro benzene ring substituents is 1. The van der Waals surface area contributed by atoms with Crippen molar-refractivity contribution in [3.05, 3.63) is 70.0 Å². The van der Waals surface area contributed by atoms with Gasteiger partial charge >= 0.3 is 5.97 Å². The number of ether oxygens (including phenoxy) is 1. The highest BCUT2D eigenvalue weighted by atomic mass is 19.1. The minimum atomic E-state index is -1.20. The van der Waals surface area contributed by atoms with Gasteiger partial charge < -0.3 is 14.5 Å². The number of nitrogens with zero attached hydrogens (tertiary/aromatic N) is 4. The van der Waals surface area contributed by atoms with Crippen molar-refractivity contribution in [1.82, 2.24) is 10.2 Å². The van der Waals surface area contributed by atoms with E-state index in [0.717, 1.165) is 5.69 Å². The minimum Gasteiger partial charge on any atom is -0.465 e. The molecule has 178 valence electrons. The van der Waals surface area contributed by atoms with Crippen LogP contribution in [0.25, 0.3) is 0 Å². The van der Waals surface area contributed by atoms with Crippen LogP contribution in [-0.4, -0.2) is 60.4 Å². The van der Waals surface area contributed by atoms with E-state index in [2.05, 4.69) is 15.2 Å². The summed E-state index contributed by atoms with van der Waals surface area (Å²) in [4.78, 5) is 44.7. The van der Waals surface area contributed by atoms with Crippen molar-refractivity contribution < 1.29 is 23.6 Å². The van der Waals surface area contributed by atoms with E-state index in [4.69, 9.17) is 4.74 Å². The first-order chi connectivity index (χ1) is 16.4. The van der Waals surface area contributed by atoms with Crippen molar-refractivity contribution in [3.63, 3.8) is 0 Å². The Bertz CT molecular complexity index is 1100. The Morgan fingerprint density at radius 2 is 1.74 bits per heavy atom. The molecule has 0 spiro atoms. The number of halogens is 1. The average molecular weight is 469 g/mol. The summed E-state index contributed by atoms with van der Waals surface area (Å²) in [7, 11) is 0. The van der Waals surface area contributed by atoms with E-state index in [-0.39, 0.29) is 18.1 Å². The van der Waals surface area contributed by atoms with Crippen molar-refractivity contribution >= 4 is 29.2 Å². The monoisotopic (exact) mass is 469 g/mol. The molecule has 2 aliphatic rings. The number of nitro groups is 1. The van der Waals surface area contributed by atoms with E-state index in [1.54, 1.807) is 19.1 Å². The molecule has 11 heteroatoms. The van der Waals surface area contributed by atoms with Crippen LogP contribution in [0.4, 0.5) is 15.8 Å². The highest BCUT2D eigenvalue weighted by Crippen LogP contribution is 2.32. The van der Waals surface area contributed by atoms with Crippen LogP contribution in [0.2, 0.25) is 0 Å². The minimum absolute atomic E-state index is 0.0992. The quantitative estimate of drug-likeness (QED) is 0.309. The molecule has 2 aromatic rings. The van der Waals surface area contributed by atoms with Crippen molar-refractivity contribution in [3.8, 4) is 0 Å². The van der Waals surface area contributed by atoms with Gasteiger partial charge in [0.1, 0.15) is 11.9 Å². The molecule has 2 aliphatic heterocycles.